The lowest BCUT2D eigenvalue weighted by Crippen LogP contribution is -2.45. The molecule has 3 rings (SSSR count). The number of carbonyl (C=O) groups is 2. The number of carbonyl (C=O) groups excluding carboxylic acids is 2. The minimum Gasteiger partial charge on any atom is -0.317 e. The number of hydrogen-bond acceptors (Lipinski definition) is 3. The van der Waals surface area contributed by atoms with Crippen LogP contribution in [0.15, 0.2) is 0 Å². The zero-order chi connectivity index (χ0) is 11.9. The minimum absolute atomic E-state index is 0.0869. The molecule has 1 N–H and O–H groups in total. The molecule has 2 heterocycles. The molecule has 17 heavy (non-hydrogen) atoms. The third-order valence-corrected chi connectivity index (χ3v) is 4.68. The highest BCUT2D eigenvalue weighted by Gasteiger charge is 2.53. The van der Waals surface area contributed by atoms with Gasteiger partial charge in [0.15, 0.2) is 0 Å². The smallest absolute Gasteiger partial charge is 0.236 e. The highest BCUT2D eigenvalue weighted by atomic mass is 16.2. The van der Waals surface area contributed by atoms with Crippen LogP contribution in [0.1, 0.15) is 44.9 Å². The fourth-order valence-corrected chi connectivity index (χ4v) is 3.65. The Morgan fingerprint density at radius 2 is 1.76 bits per heavy atom. The lowest BCUT2D eigenvalue weighted by atomic mass is 9.77. The van der Waals surface area contributed by atoms with Gasteiger partial charge in [-0.3, -0.25) is 14.5 Å². The topological polar surface area (TPSA) is 49.4 Å². The first-order chi connectivity index (χ1) is 8.23. The molecule has 0 aromatic carbocycles. The Labute approximate surface area is 102 Å². The summed E-state index contributed by atoms with van der Waals surface area (Å²) >= 11 is 0. The molecule has 3 fully saturated rings. The second-order valence-electron chi connectivity index (χ2n) is 5.71. The van der Waals surface area contributed by atoms with Crippen molar-refractivity contribution in [2.45, 2.75) is 51.0 Å². The fraction of sp³-hybridized carbons (Fsp3) is 0.846. The molecule has 0 aromatic heterocycles. The van der Waals surface area contributed by atoms with Crippen molar-refractivity contribution < 1.29 is 9.59 Å². The maximum absolute atomic E-state index is 12.6. The first-order valence-electron chi connectivity index (χ1n) is 6.80. The van der Waals surface area contributed by atoms with Gasteiger partial charge >= 0.3 is 0 Å². The molecule has 0 atom stereocenters. The molecule has 2 saturated heterocycles. The highest BCUT2D eigenvalue weighted by Crippen LogP contribution is 2.43. The van der Waals surface area contributed by atoms with Gasteiger partial charge in [-0.15, -0.1) is 0 Å². The van der Waals surface area contributed by atoms with E-state index in [1.807, 2.05) is 0 Å². The van der Waals surface area contributed by atoms with Gasteiger partial charge in [0.2, 0.25) is 11.8 Å². The third kappa shape index (κ3) is 1.69. The number of hydrogen-bond donors (Lipinski definition) is 1. The van der Waals surface area contributed by atoms with E-state index in [9.17, 15) is 9.59 Å². The minimum atomic E-state index is -0.342. The van der Waals surface area contributed by atoms with Crippen LogP contribution in [-0.4, -0.2) is 35.8 Å². The van der Waals surface area contributed by atoms with Gasteiger partial charge in [-0.05, 0) is 38.8 Å². The van der Waals surface area contributed by atoms with Crippen molar-refractivity contribution in [3.8, 4) is 0 Å². The van der Waals surface area contributed by atoms with E-state index in [4.69, 9.17) is 0 Å². The van der Waals surface area contributed by atoms with Gasteiger partial charge in [0, 0.05) is 12.5 Å². The normalized spacial score (nSPS) is 29.5. The SMILES string of the molecule is O=C1CC2(CCNCC2)C(=O)N1C1CCCC1. The zero-order valence-electron chi connectivity index (χ0n) is 10.2. The van der Waals surface area contributed by atoms with Gasteiger partial charge in [0.1, 0.15) is 0 Å². The molecule has 94 valence electrons. The van der Waals surface area contributed by atoms with Crippen molar-refractivity contribution >= 4 is 11.8 Å². The molecule has 4 nitrogen and oxygen atoms in total. The maximum atomic E-state index is 12.6. The summed E-state index contributed by atoms with van der Waals surface area (Å²) in [7, 11) is 0. The van der Waals surface area contributed by atoms with Crippen LogP contribution in [0.3, 0.4) is 0 Å². The van der Waals surface area contributed by atoms with Crippen LogP contribution in [0.25, 0.3) is 0 Å². The van der Waals surface area contributed by atoms with E-state index in [0.29, 0.717) is 6.42 Å². The van der Waals surface area contributed by atoms with Crippen LogP contribution in [0, 0.1) is 5.41 Å². The Morgan fingerprint density at radius 3 is 2.41 bits per heavy atom. The molecular weight excluding hydrogens is 216 g/mol. The molecule has 2 aliphatic heterocycles. The van der Waals surface area contributed by atoms with Crippen molar-refractivity contribution in [1.29, 1.82) is 0 Å². The predicted octanol–water partition coefficient (Wildman–Crippen LogP) is 1.06. The van der Waals surface area contributed by atoms with Crippen LogP contribution < -0.4 is 5.32 Å². The van der Waals surface area contributed by atoms with Gasteiger partial charge in [0.25, 0.3) is 0 Å². The molecule has 0 unspecified atom stereocenters. The monoisotopic (exact) mass is 236 g/mol. The van der Waals surface area contributed by atoms with E-state index < -0.39 is 0 Å². The molecule has 0 aromatic rings. The second-order valence-corrected chi connectivity index (χ2v) is 5.71. The van der Waals surface area contributed by atoms with E-state index in [0.717, 1.165) is 51.6 Å². The quantitative estimate of drug-likeness (QED) is 0.693. The summed E-state index contributed by atoms with van der Waals surface area (Å²) in [5, 5.41) is 3.27. The molecule has 1 aliphatic carbocycles. The number of nitrogens with zero attached hydrogens (tertiary/aromatic N) is 1. The standard InChI is InChI=1S/C13H20N2O2/c16-11-9-13(5-7-14-8-6-13)12(17)15(11)10-3-1-2-4-10/h10,14H,1-9H2. The molecule has 0 bridgehead atoms. The van der Waals surface area contributed by atoms with Gasteiger partial charge < -0.3 is 5.32 Å². The maximum Gasteiger partial charge on any atom is 0.236 e. The van der Waals surface area contributed by atoms with Crippen molar-refractivity contribution in [3.05, 3.63) is 0 Å². The fourth-order valence-electron chi connectivity index (χ4n) is 3.65. The Balaban J connectivity index is 1.82. The number of nitrogens with one attached hydrogen (secondary N) is 1. The molecular formula is C13H20N2O2. The number of likely N-dealkylation sites (tertiary alicyclic amines) is 1. The summed E-state index contributed by atoms with van der Waals surface area (Å²) < 4.78 is 0. The highest BCUT2D eigenvalue weighted by molar-refractivity contribution is 6.06. The van der Waals surface area contributed by atoms with Crippen molar-refractivity contribution in [1.82, 2.24) is 10.2 Å². The molecule has 0 radical (unpaired) electrons. The van der Waals surface area contributed by atoms with Crippen molar-refractivity contribution in [2.75, 3.05) is 13.1 Å². The van der Waals surface area contributed by atoms with Gasteiger partial charge in [-0.2, -0.15) is 0 Å². The predicted molar refractivity (Wildman–Crippen MR) is 63.3 cm³/mol. The van der Waals surface area contributed by atoms with Crippen molar-refractivity contribution in [3.63, 3.8) is 0 Å². The summed E-state index contributed by atoms with van der Waals surface area (Å²) in [5.41, 5.74) is -0.342. The lowest BCUT2D eigenvalue weighted by Gasteiger charge is -2.32. The summed E-state index contributed by atoms with van der Waals surface area (Å²) in [6.07, 6.45) is 6.50. The van der Waals surface area contributed by atoms with Crippen LogP contribution in [-0.2, 0) is 9.59 Å². The molecule has 1 spiro atoms. The first-order valence-corrected chi connectivity index (χ1v) is 6.80. The van der Waals surface area contributed by atoms with Crippen LogP contribution in [0.5, 0.6) is 0 Å². The Bertz CT molecular complexity index is 341. The molecule has 2 amide bonds. The average Bonchev–Trinajstić information content (AvgIpc) is 2.90. The van der Waals surface area contributed by atoms with Crippen LogP contribution in [0.2, 0.25) is 0 Å². The largest absolute Gasteiger partial charge is 0.317 e. The first kappa shape index (κ1) is 11.2. The Hall–Kier alpha value is -0.900. The third-order valence-electron chi connectivity index (χ3n) is 4.68. The van der Waals surface area contributed by atoms with Gasteiger partial charge in [-0.1, -0.05) is 12.8 Å². The number of piperidine rings is 1. The van der Waals surface area contributed by atoms with E-state index in [1.54, 1.807) is 4.90 Å². The van der Waals surface area contributed by atoms with E-state index >= 15 is 0 Å². The number of amides is 2. The van der Waals surface area contributed by atoms with E-state index in [1.165, 1.54) is 0 Å². The Morgan fingerprint density at radius 1 is 1.12 bits per heavy atom. The van der Waals surface area contributed by atoms with E-state index in [2.05, 4.69) is 5.32 Å². The summed E-state index contributed by atoms with van der Waals surface area (Å²) in [6, 6.07) is 0.212. The molecule has 3 aliphatic rings. The molecule has 1 saturated carbocycles. The lowest BCUT2D eigenvalue weighted by molar-refractivity contribution is -0.144. The Kier molecular flexibility index (Phi) is 2.69. The zero-order valence-corrected chi connectivity index (χ0v) is 10.2. The average molecular weight is 236 g/mol. The van der Waals surface area contributed by atoms with E-state index in [-0.39, 0.29) is 23.3 Å². The summed E-state index contributed by atoms with van der Waals surface area (Å²) in [4.78, 5) is 26.3. The molecule has 4 heteroatoms. The second kappa shape index (κ2) is 4.09. The number of imide groups is 1. The van der Waals surface area contributed by atoms with Crippen molar-refractivity contribution in [2.24, 2.45) is 5.41 Å². The summed E-state index contributed by atoms with van der Waals surface area (Å²) in [5.74, 6) is 0.222. The van der Waals surface area contributed by atoms with Crippen LogP contribution >= 0.6 is 0 Å². The number of rotatable bonds is 1. The van der Waals surface area contributed by atoms with Gasteiger partial charge in [0.05, 0.1) is 5.41 Å². The summed E-state index contributed by atoms with van der Waals surface area (Å²) in [6.45, 7) is 1.75. The van der Waals surface area contributed by atoms with Gasteiger partial charge in [-0.25, -0.2) is 0 Å². The van der Waals surface area contributed by atoms with Crippen LogP contribution in [0.4, 0.5) is 0 Å².